The molecule has 15 nitrogen and oxygen atoms in total. The van der Waals surface area contributed by atoms with Gasteiger partial charge in [-0.25, -0.2) is 19.2 Å². The van der Waals surface area contributed by atoms with Crippen molar-refractivity contribution in [3.8, 4) is 55.6 Å². The van der Waals surface area contributed by atoms with E-state index in [4.69, 9.17) is 19.4 Å². The summed E-state index contributed by atoms with van der Waals surface area (Å²) in [5.74, 6) is -1.23. The molecular weight excluding hydrogens is 1850 g/mol. The third-order valence-electron chi connectivity index (χ3n) is 31.2. The molecule has 0 amide bonds. The number of nitrogens with zero attached hydrogens (tertiary/aromatic N) is 4. The molecule has 0 atom stereocenters. The first-order valence-electron chi connectivity index (χ1n) is 54.3. The Bertz CT molecular complexity index is 7090. The maximum absolute atomic E-state index is 14.2. The number of ketones is 3. The van der Waals surface area contributed by atoms with Gasteiger partial charge in [-0.2, -0.15) is 0 Å². The number of thiophene rings is 1. The molecule has 2 fully saturated rings. The molecule has 0 unspecified atom stereocenters. The van der Waals surface area contributed by atoms with Crippen LogP contribution in [0.3, 0.4) is 0 Å². The molecule has 148 heavy (non-hydrogen) atoms. The molecule has 1 heterocycles. The van der Waals surface area contributed by atoms with Gasteiger partial charge in [0, 0.05) is 90.0 Å². The van der Waals surface area contributed by atoms with E-state index in [1.54, 1.807) is 0 Å². The Labute approximate surface area is 879 Å². The van der Waals surface area contributed by atoms with Crippen LogP contribution < -0.4 is 0 Å². The molecule has 13 aromatic rings. The van der Waals surface area contributed by atoms with E-state index in [1.807, 2.05) is 115 Å². The second kappa shape index (κ2) is 49.3. The average Bonchev–Trinajstić information content (AvgIpc) is 1.57. The zero-order chi connectivity index (χ0) is 104. The predicted molar refractivity (Wildman–Crippen MR) is 602 cm³/mol. The molecule has 0 N–H and O–H groups in total. The SMILES string of the molecule is CCCC1(CCC)c2cc(C(=O)/C(CC3CCCCC3)=N/OC(C)=O)ccc2-c2ccc(C(=O)c3cccs3)cc21.CCCC1(CCC)c2ccccc2-c2ccc(C(=O)/C(=N\OC(C)=O)c3ccccc3-c3ccccc3)cc21.CCCC1(CCC)c2ccccc2-c2ccc(C/C(=N/OC(C)=O)c3cccc4ccccc34)cc21.CCCC1(CCC)c2ccccc2-c2ccc(C/C(CC3CCCC3)=N/OC(C)=O)cc21. The Balaban J connectivity index is 0.000000141. The summed E-state index contributed by atoms with van der Waals surface area (Å²) in [7, 11) is 0. The number of carbonyl (C=O) groups is 7. The summed E-state index contributed by atoms with van der Waals surface area (Å²) in [6.07, 6.45) is 30.7. The van der Waals surface area contributed by atoms with E-state index in [-0.39, 0.29) is 50.7 Å². The summed E-state index contributed by atoms with van der Waals surface area (Å²) in [5, 5.41) is 21.0. The van der Waals surface area contributed by atoms with Gasteiger partial charge in [-0.1, -0.05) is 434 Å². The van der Waals surface area contributed by atoms with Gasteiger partial charge in [0.05, 0.1) is 16.3 Å². The van der Waals surface area contributed by atoms with Gasteiger partial charge in [-0.15, -0.1) is 11.3 Å². The van der Waals surface area contributed by atoms with E-state index in [0.717, 1.165) is 176 Å². The molecule has 6 aliphatic carbocycles. The zero-order valence-electron chi connectivity index (χ0n) is 88.4. The molecule has 12 aromatic carbocycles. The Morgan fingerprint density at radius 3 is 1.17 bits per heavy atom. The van der Waals surface area contributed by atoms with Gasteiger partial charge in [0.2, 0.25) is 17.3 Å². The number of hydrogen-bond acceptors (Lipinski definition) is 16. The minimum atomic E-state index is -0.577. The van der Waals surface area contributed by atoms with E-state index in [0.29, 0.717) is 52.6 Å². The lowest BCUT2D eigenvalue weighted by Gasteiger charge is -2.32. The van der Waals surface area contributed by atoms with Crippen molar-refractivity contribution < 1.29 is 52.9 Å². The highest BCUT2D eigenvalue weighted by atomic mass is 32.1. The zero-order valence-corrected chi connectivity index (χ0v) is 89.2. The van der Waals surface area contributed by atoms with Gasteiger partial charge >= 0.3 is 23.9 Å². The summed E-state index contributed by atoms with van der Waals surface area (Å²) >= 11 is 1.46. The van der Waals surface area contributed by atoms with E-state index in [9.17, 15) is 33.6 Å². The van der Waals surface area contributed by atoms with Gasteiger partial charge in [-0.3, -0.25) is 14.4 Å². The molecule has 0 bridgehead atoms. The predicted octanol–water partition coefficient (Wildman–Crippen LogP) is 33.1. The van der Waals surface area contributed by atoms with Crippen molar-refractivity contribution in [2.45, 2.75) is 291 Å². The topological polar surface area (TPSA) is 206 Å². The lowest BCUT2D eigenvalue weighted by atomic mass is 9.71. The number of rotatable bonds is 37. The first-order chi connectivity index (χ1) is 72.0. The number of oxime groups is 4. The number of Topliss-reactive ketones (excluding diaryl/α,β-unsaturated/α-hetero) is 2. The minimum absolute atomic E-state index is 0.0398. The number of benzene rings is 12. The van der Waals surface area contributed by atoms with Crippen LogP contribution in [0.5, 0.6) is 0 Å². The monoisotopic (exact) mass is 1990 g/mol. The van der Waals surface area contributed by atoms with Crippen LogP contribution in [0.2, 0.25) is 0 Å². The first-order valence-corrected chi connectivity index (χ1v) is 55.2. The summed E-state index contributed by atoms with van der Waals surface area (Å²) in [6.45, 7) is 23.4. The van der Waals surface area contributed by atoms with Crippen LogP contribution in [0.15, 0.2) is 299 Å². The molecule has 762 valence electrons. The summed E-state index contributed by atoms with van der Waals surface area (Å²) in [5.41, 5.74) is 30.5. The Kier molecular flexibility index (Phi) is 35.6. The number of hydrogen-bond donors (Lipinski definition) is 0. The van der Waals surface area contributed by atoms with Crippen molar-refractivity contribution >= 4 is 86.2 Å². The quantitative estimate of drug-likeness (QED) is 0.0155. The lowest BCUT2D eigenvalue weighted by Crippen LogP contribution is -2.26. The fourth-order valence-corrected chi connectivity index (χ4v) is 26.1. The Morgan fingerprint density at radius 2 is 0.682 bits per heavy atom. The third-order valence-corrected chi connectivity index (χ3v) is 32.1. The molecule has 0 radical (unpaired) electrons. The van der Waals surface area contributed by atoms with Crippen LogP contribution in [-0.2, 0) is 73.0 Å². The molecule has 0 spiro atoms. The maximum atomic E-state index is 14.2. The molecular formula is C132H142N4O11S. The molecule has 0 aliphatic heterocycles. The second-order valence-electron chi connectivity index (χ2n) is 41.3. The number of fused-ring (bicyclic) bond motifs is 13. The van der Waals surface area contributed by atoms with E-state index in [2.05, 4.69) is 240 Å². The van der Waals surface area contributed by atoms with Crippen LogP contribution in [0.25, 0.3) is 66.4 Å². The van der Waals surface area contributed by atoms with Crippen molar-refractivity contribution in [3.05, 3.63) is 367 Å². The first kappa shape index (κ1) is 107. The van der Waals surface area contributed by atoms with Gasteiger partial charge < -0.3 is 19.4 Å². The highest BCUT2D eigenvalue weighted by Crippen LogP contribution is 2.59. The average molecular weight is 1990 g/mol. The molecule has 19 rings (SSSR count). The van der Waals surface area contributed by atoms with Crippen molar-refractivity contribution in [2.24, 2.45) is 32.5 Å². The van der Waals surface area contributed by atoms with Crippen molar-refractivity contribution in [1.29, 1.82) is 0 Å². The van der Waals surface area contributed by atoms with Gasteiger partial charge in [0.15, 0.2) is 5.71 Å². The van der Waals surface area contributed by atoms with E-state index >= 15 is 0 Å². The van der Waals surface area contributed by atoms with Crippen LogP contribution in [0.1, 0.15) is 359 Å². The molecule has 1 aromatic heterocycles. The van der Waals surface area contributed by atoms with Crippen LogP contribution in [-0.4, -0.2) is 64.1 Å². The molecule has 2 saturated carbocycles. The number of carbonyl (C=O) groups excluding carboxylic acids is 7. The third kappa shape index (κ3) is 23.0. The van der Waals surface area contributed by atoms with Crippen LogP contribution in [0.4, 0.5) is 0 Å². The standard InChI is InChI=1S/C35H39NO4S.C35H33NO3.C33H33NO2.C29H37NO2/c1-4-17-35(18-5-2)29-21-25(33(38)31(36-40-23(3)37)20-24-10-7-6-8-11-24)13-15-27(29)28-16-14-26(22-30(28)35)34(39)32-12-9-19-41-32;1-4-21-35(22-5-2)31-18-12-11-16-28(31)29-20-19-26(23-32(29)35)34(38)33(36-39-24(3)37)30-17-10-9-15-27(30)25-13-7-6-8-14-25;1-4-19-33(20-5-2)30-16-9-8-14-27(30)28-18-17-24(21-31(28)33)22-32(34-36-23(3)35)29-15-10-12-25-11-6-7-13-26(25)29;1-4-16-29(17-5-2)27-13-9-8-12-25(27)26-15-14-23(20-28(26)29)19-24(30-32-21(3)31)18-22-10-6-7-11-22/h9,12-16,19,21-22,24H,4-8,10-11,17-18,20H2,1-3H3;6-20,23H,4-5,21-22H2,1-3H3;6-18,21H,4-5,19-20,22H2,1-3H3;8-9,12-15,20,22H,4-7,10-11,16-19H2,1-3H3/b36-31+;36-33-;34-32-;30-24+. The summed E-state index contributed by atoms with van der Waals surface area (Å²) in [6, 6.07) is 94.2. The normalized spacial score (nSPS) is 15.2. The fourth-order valence-electron chi connectivity index (χ4n) is 25.4. The molecule has 16 heteroatoms. The molecule has 6 aliphatic rings. The Hall–Kier alpha value is -13.8. The minimum Gasteiger partial charge on any atom is -0.319 e. The van der Waals surface area contributed by atoms with Gasteiger partial charge in [-0.05, 0) is 228 Å². The van der Waals surface area contributed by atoms with Gasteiger partial charge in [0.1, 0.15) is 5.71 Å². The van der Waals surface area contributed by atoms with Crippen molar-refractivity contribution in [1.82, 2.24) is 0 Å². The van der Waals surface area contributed by atoms with E-state index < -0.39 is 17.9 Å². The van der Waals surface area contributed by atoms with Crippen LogP contribution >= 0.6 is 11.3 Å². The lowest BCUT2D eigenvalue weighted by molar-refractivity contribution is -0.141. The van der Waals surface area contributed by atoms with Gasteiger partial charge in [0.25, 0.3) is 0 Å². The van der Waals surface area contributed by atoms with E-state index in [1.165, 1.54) is 180 Å². The second-order valence-corrected chi connectivity index (χ2v) is 42.3. The summed E-state index contributed by atoms with van der Waals surface area (Å²) < 4.78 is 0. The smallest absolute Gasteiger partial charge is 0.319 e. The van der Waals surface area contributed by atoms with Crippen molar-refractivity contribution in [3.63, 3.8) is 0 Å². The fraction of sp³-hybridized carbons (Fsp3) is 0.356. The highest BCUT2D eigenvalue weighted by Gasteiger charge is 2.47. The van der Waals surface area contributed by atoms with Crippen LogP contribution in [0, 0.1) is 11.8 Å². The summed E-state index contributed by atoms with van der Waals surface area (Å²) in [4.78, 5) is 109. The van der Waals surface area contributed by atoms with Crippen molar-refractivity contribution in [2.75, 3.05) is 0 Å². The molecule has 0 saturated heterocycles. The Morgan fingerprint density at radius 1 is 0.311 bits per heavy atom. The largest absolute Gasteiger partial charge is 0.332 e. The maximum Gasteiger partial charge on any atom is 0.332 e. The highest BCUT2D eigenvalue weighted by molar-refractivity contribution is 7.12.